The van der Waals surface area contributed by atoms with E-state index in [1.165, 1.54) is 16.5 Å². The van der Waals surface area contributed by atoms with Crippen LogP contribution in [0.1, 0.15) is 0 Å². The minimum atomic E-state index is 0.606. The highest BCUT2D eigenvalue weighted by molar-refractivity contribution is 6.04. The summed E-state index contributed by atoms with van der Waals surface area (Å²) in [6.07, 6.45) is 0. The Hall–Kier alpha value is -7.17. The van der Waals surface area contributed by atoms with Crippen LogP contribution in [-0.2, 0) is 0 Å². The summed E-state index contributed by atoms with van der Waals surface area (Å²) in [6, 6.07) is 65.2. The van der Waals surface area contributed by atoms with Gasteiger partial charge in [0.25, 0.3) is 0 Å². The Bertz CT molecular complexity index is 2780. The molecule has 0 N–H and O–H groups in total. The molecule has 0 radical (unpaired) electrons. The van der Waals surface area contributed by atoms with E-state index in [-0.39, 0.29) is 0 Å². The average Bonchev–Trinajstić information content (AvgIpc) is 3.24. The van der Waals surface area contributed by atoms with Crippen LogP contribution >= 0.6 is 0 Å². The Kier molecular flexibility index (Phi) is 7.43. The molecular weight excluding hydrogens is 647 g/mol. The summed E-state index contributed by atoms with van der Waals surface area (Å²) >= 11 is 0. The number of rotatable bonds is 6. The average molecular weight is 678 g/mol. The van der Waals surface area contributed by atoms with Gasteiger partial charge in [-0.1, -0.05) is 152 Å². The third-order valence-electron chi connectivity index (χ3n) is 9.91. The number of aromatic nitrogens is 3. The van der Waals surface area contributed by atoms with Gasteiger partial charge >= 0.3 is 0 Å². The van der Waals surface area contributed by atoms with E-state index in [1.54, 1.807) is 0 Å². The van der Waals surface area contributed by atoms with Gasteiger partial charge in [0.05, 0.1) is 0 Å². The van der Waals surface area contributed by atoms with Crippen molar-refractivity contribution in [2.45, 2.75) is 0 Å². The Morgan fingerprint density at radius 1 is 0.283 bits per heavy atom. The number of nitrogens with zero attached hydrogens (tertiary/aromatic N) is 3. The summed E-state index contributed by atoms with van der Waals surface area (Å²) in [5, 5.41) is 2.33. The molecule has 0 bridgehead atoms. The maximum absolute atomic E-state index is 6.57. The van der Waals surface area contributed by atoms with Gasteiger partial charge in [-0.3, -0.25) is 0 Å². The van der Waals surface area contributed by atoms with Gasteiger partial charge < -0.3 is 4.74 Å². The van der Waals surface area contributed by atoms with Crippen molar-refractivity contribution in [3.8, 4) is 90.2 Å². The van der Waals surface area contributed by atoms with Crippen molar-refractivity contribution in [1.29, 1.82) is 0 Å². The van der Waals surface area contributed by atoms with E-state index >= 15 is 0 Å². The molecule has 0 amide bonds. The normalized spacial score (nSPS) is 11.5. The second-order valence-corrected chi connectivity index (χ2v) is 13.3. The minimum absolute atomic E-state index is 0.606. The third kappa shape index (κ3) is 5.73. The monoisotopic (exact) mass is 677 g/mol. The summed E-state index contributed by atoms with van der Waals surface area (Å²) < 4.78 is 6.57. The molecule has 0 spiro atoms. The molecule has 0 aliphatic carbocycles. The van der Waals surface area contributed by atoms with Crippen molar-refractivity contribution in [2.75, 3.05) is 0 Å². The molecule has 248 valence electrons. The number of hydrogen-bond donors (Lipinski definition) is 0. The van der Waals surface area contributed by atoms with Crippen LogP contribution in [0.25, 0.3) is 89.4 Å². The van der Waals surface area contributed by atoms with Gasteiger partial charge in [0.2, 0.25) is 0 Å². The Morgan fingerprint density at radius 3 is 1.42 bits per heavy atom. The molecule has 4 heteroatoms. The van der Waals surface area contributed by atoms with Crippen molar-refractivity contribution in [3.05, 3.63) is 188 Å². The molecule has 2 heterocycles. The molecule has 9 aromatic rings. The zero-order valence-electron chi connectivity index (χ0n) is 28.6. The molecule has 0 fully saturated rings. The highest BCUT2D eigenvalue weighted by Gasteiger charge is 2.21. The van der Waals surface area contributed by atoms with Crippen LogP contribution in [-0.4, -0.2) is 15.0 Å². The predicted molar refractivity (Wildman–Crippen MR) is 215 cm³/mol. The van der Waals surface area contributed by atoms with Crippen LogP contribution in [0, 0.1) is 0 Å². The van der Waals surface area contributed by atoms with Gasteiger partial charge in [-0.15, -0.1) is 0 Å². The summed E-state index contributed by atoms with van der Waals surface area (Å²) in [5.41, 5.74) is 11.6. The third-order valence-corrected chi connectivity index (χ3v) is 9.91. The minimum Gasteiger partial charge on any atom is -0.456 e. The van der Waals surface area contributed by atoms with E-state index in [0.717, 1.165) is 67.0 Å². The quantitative estimate of drug-likeness (QED) is 0.176. The first kappa shape index (κ1) is 30.6. The largest absolute Gasteiger partial charge is 0.456 e. The fourth-order valence-corrected chi connectivity index (χ4v) is 7.26. The molecule has 1 aliphatic rings. The number of fused-ring (bicyclic) bond motifs is 2. The van der Waals surface area contributed by atoms with Crippen molar-refractivity contribution in [2.24, 2.45) is 0 Å². The van der Waals surface area contributed by atoms with Gasteiger partial charge in [-0.25, -0.2) is 15.0 Å². The zero-order valence-corrected chi connectivity index (χ0v) is 28.6. The summed E-state index contributed by atoms with van der Waals surface area (Å²) in [7, 11) is 0. The van der Waals surface area contributed by atoms with Gasteiger partial charge in [-0.2, -0.15) is 0 Å². The lowest BCUT2D eigenvalue weighted by Crippen LogP contribution is -2.01. The fraction of sp³-hybridized carbons (Fsp3) is 0. The van der Waals surface area contributed by atoms with Gasteiger partial charge in [0.1, 0.15) is 11.5 Å². The van der Waals surface area contributed by atoms with E-state index in [9.17, 15) is 0 Å². The van der Waals surface area contributed by atoms with E-state index in [1.807, 2.05) is 48.5 Å². The van der Waals surface area contributed by atoms with Gasteiger partial charge in [0.15, 0.2) is 17.5 Å². The SMILES string of the molecule is c1ccc(-c2ccc(-c3nc(-c4ccccc4)nc(-c4cc(-c5ccccc5)cc(-c5ccc6c(c5)Oc5cccc7cccc-6c57)c4)n3)cc2)cc1. The number of ether oxygens (including phenoxy) is 1. The summed E-state index contributed by atoms with van der Waals surface area (Å²) in [5.74, 6) is 3.57. The molecular formula is C49H31N3O. The maximum atomic E-state index is 6.57. The summed E-state index contributed by atoms with van der Waals surface area (Å²) in [4.78, 5) is 15.3. The van der Waals surface area contributed by atoms with E-state index in [2.05, 4.69) is 140 Å². The molecule has 1 aliphatic heterocycles. The standard InChI is InChI=1S/C49H31N3O/c1-4-12-32(13-5-1)34-22-24-37(25-23-34)48-50-47(36-16-8-3-9-17-36)51-49(52-48)41-29-39(33-14-6-2-7-15-33)28-40(30-41)38-26-27-42-43-20-10-18-35-19-11-21-44(46(35)43)53-45(42)31-38/h1-31H. The van der Waals surface area contributed by atoms with Crippen LogP contribution < -0.4 is 4.74 Å². The van der Waals surface area contributed by atoms with Crippen LogP contribution in [0.3, 0.4) is 0 Å². The molecule has 8 aromatic carbocycles. The van der Waals surface area contributed by atoms with Crippen LogP contribution in [0.15, 0.2) is 188 Å². The highest BCUT2D eigenvalue weighted by atomic mass is 16.5. The van der Waals surface area contributed by atoms with E-state index < -0.39 is 0 Å². The summed E-state index contributed by atoms with van der Waals surface area (Å²) in [6.45, 7) is 0. The molecule has 0 saturated heterocycles. The lowest BCUT2D eigenvalue weighted by atomic mass is 9.91. The smallest absolute Gasteiger partial charge is 0.164 e. The van der Waals surface area contributed by atoms with Crippen LogP contribution in [0.4, 0.5) is 0 Å². The van der Waals surface area contributed by atoms with Crippen molar-refractivity contribution in [1.82, 2.24) is 15.0 Å². The zero-order chi connectivity index (χ0) is 35.1. The van der Waals surface area contributed by atoms with Crippen LogP contribution in [0.5, 0.6) is 11.5 Å². The molecule has 10 rings (SSSR count). The predicted octanol–water partition coefficient (Wildman–Crippen LogP) is 12.8. The van der Waals surface area contributed by atoms with E-state index in [0.29, 0.717) is 17.5 Å². The Labute approximate surface area is 307 Å². The molecule has 0 unspecified atom stereocenters. The second-order valence-electron chi connectivity index (χ2n) is 13.3. The number of benzene rings is 8. The maximum Gasteiger partial charge on any atom is 0.164 e. The molecule has 4 nitrogen and oxygen atoms in total. The van der Waals surface area contributed by atoms with Crippen LogP contribution in [0.2, 0.25) is 0 Å². The molecule has 53 heavy (non-hydrogen) atoms. The first-order valence-electron chi connectivity index (χ1n) is 17.8. The van der Waals surface area contributed by atoms with Crippen molar-refractivity contribution in [3.63, 3.8) is 0 Å². The second kappa shape index (κ2) is 12.9. The molecule has 0 saturated carbocycles. The number of hydrogen-bond acceptors (Lipinski definition) is 4. The molecule has 0 atom stereocenters. The van der Waals surface area contributed by atoms with Crippen molar-refractivity contribution >= 4 is 10.8 Å². The van der Waals surface area contributed by atoms with Gasteiger partial charge in [0, 0.05) is 27.6 Å². The molecule has 1 aromatic heterocycles. The lowest BCUT2D eigenvalue weighted by Gasteiger charge is -2.22. The van der Waals surface area contributed by atoms with Crippen molar-refractivity contribution < 1.29 is 4.74 Å². The fourth-order valence-electron chi connectivity index (χ4n) is 7.26. The Balaban J connectivity index is 1.12. The first-order chi connectivity index (χ1) is 26.2. The Morgan fingerprint density at radius 2 is 0.755 bits per heavy atom. The van der Waals surface area contributed by atoms with Gasteiger partial charge in [-0.05, 0) is 80.7 Å². The van der Waals surface area contributed by atoms with E-state index in [4.69, 9.17) is 19.7 Å². The highest BCUT2D eigenvalue weighted by Crippen LogP contribution is 2.47. The first-order valence-corrected chi connectivity index (χ1v) is 17.8. The topological polar surface area (TPSA) is 47.9 Å². The lowest BCUT2D eigenvalue weighted by molar-refractivity contribution is 0.487.